The minimum atomic E-state index is -0.451. The number of nitrogens with one attached hydrogen (secondary N) is 1. The van der Waals surface area contributed by atoms with Crippen molar-refractivity contribution < 1.29 is 14.5 Å². The average Bonchev–Trinajstić information content (AvgIpc) is 3.42. The van der Waals surface area contributed by atoms with Crippen molar-refractivity contribution in [2.24, 2.45) is 4.99 Å². The van der Waals surface area contributed by atoms with Crippen LogP contribution in [0.1, 0.15) is 6.92 Å². The molecular formula is C22H19N5O4S3. The van der Waals surface area contributed by atoms with Crippen LogP contribution in [-0.2, 0) is 16.1 Å². The molecule has 0 radical (unpaired) electrons. The fourth-order valence-electron chi connectivity index (χ4n) is 3.16. The van der Waals surface area contributed by atoms with Crippen LogP contribution in [0.4, 0.5) is 10.8 Å². The summed E-state index contributed by atoms with van der Waals surface area (Å²) in [6.45, 7) is 2.48. The molecular weight excluding hydrogens is 494 g/mol. The number of amides is 2. The Kier molecular flexibility index (Phi) is 7.50. The maximum absolute atomic E-state index is 12.4. The Balaban J connectivity index is 1.35. The molecule has 0 saturated carbocycles. The van der Waals surface area contributed by atoms with E-state index in [9.17, 15) is 19.7 Å². The number of hydrogen-bond acceptors (Lipinski definition) is 8. The van der Waals surface area contributed by atoms with Crippen molar-refractivity contribution in [1.82, 2.24) is 9.55 Å². The maximum Gasteiger partial charge on any atom is 0.270 e. The van der Waals surface area contributed by atoms with Crippen LogP contribution in [0.5, 0.6) is 0 Å². The molecule has 4 aromatic rings. The predicted octanol–water partition coefficient (Wildman–Crippen LogP) is 4.55. The van der Waals surface area contributed by atoms with Gasteiger partial charge in [-0.2, -0.15) is 4.99 Å². The van der Waals surface area contributed by atoms with Gasteiger partial charge >= 0.3 is 0 Å². The third-order valence-electron chi connectivity index (χ3n) is 4.69. The summed E-state index contributed by atoms with van der Waals surface area (Å²) in [5.74, 6) is -0.488. The van der Waals surface area contributed by atoms with E-state index in [4.69, 9.17) is 0 Å². The molecule has 0 spiro atoms. The number of aromatic nitrogens is 2. The molecule has 174 valence electrons. The predicted molar refractivity (Wildman–Crippen MR) is 136 cm³/mol. The standard InChI is InChI=1S/C22H19N5O4S3/c1-2-26-17-9-8-15(27(30)31)10-18(17)34-22(26)25-20(29)13-32-12-19(28)24-21-23-16(11-33-21)14-6-4-3-5-7-14/h3-11H,2,12-13H2,1H3,(H,23,24,28). The highest BCUT2D eigenvalue weighted by Gasteiger charge is 2.13. The normalized spacial score (nSPS) is 11.6. The molecule has 12 heteroatoms. The number of carbonyl (C=O) groups is 2. The Labute approximate surface area is 206 Å². The van der Waals surface area contributed by atoms with Crippen molar-refractivity contribution in [2.45, 2.75) is 13.5 Å². The lowest BCUT2D eigenvalue weighted by atomic mass is 10.2. The van der Waals surface area contributed by atoms with Gasteiger partial charge in [0.1, 0.15) is 0 Å². The second kappa shape index (κ2) is 10.7. The van der Waals surface area contributed by atoms with Gasteiger partial charge in [0.15, 0.2) is 9.93 Å². The SMILES string of the molecule is CCn1c(=NC(=O)CSCC(=O)Nc2nc(-c3ccccc3)cs2)sc2cc([N+](=O)[O-])ccc21. The molecule has 0 unspecified atom stereocenters. The molecule has 9 nitrogen and oxygen atoms in total. The van der Waals surface area contributed by atoms with Crippen molar-refractivity contribution >= 4 is 67.3 Å². The first-order chi connectivity index (χ1) is 16.4. The number of anilines is 1. The quantitative estimate of drug-likeness (QED) is 0.273. The van der Waals surface area contributed by atoms with Crippen LogP contribution in [0.2, 0.25) is 0 Å². The first kappa shape index (κ1) is 23.8. The number of thiazole rings is 2. The minimum absolute atomic E-state index is 0.00688. The van der Waals surface area contributed by atoms with Gasteiger partial charge in [0.25, 0.3) is 11.6 Å². The Bertz CT molecular complexity index is 1430. The van der Waals surface area contributed by atoms with E-state index in [1.807, 2.05) is 47.2 Å². The van der Waals surface area contributed by atoms with Gasteiger partial charge in [-0.05, 0) is 13.0 Å². The highest BCUT2D eigenvalue weighted by atomic mass is 32.2. The number of benzene rings is 2. The summed E-state index contributed by atoms with van der Waals surface area (Å²) in [5, 5.41) is 16.2. The number of non-ortho nitro benzene ring substituents is 1. The zero-order chi connectivity index (χ0) is 24.1. The van der Waals surface area contributed by atoms with Gasteiger partial charge < -0.3 is 9.88 Å². The lowest BCUT2D eigenvalue weighted by Gasteiger charge is -2.01. The topological polar surface area (TPSA) is 119 Å². The number of nitrogens with zero attached hydrogens (tertiary/aromatic N) is 4. The number of nitro groups is 1. The van der Waals surface area contributed by atoms with E-state index in [0.717, 1.165) is 16.8 Å². The average molecular weight is 514 g/mol. The molecule has 2 aromatic heterocycles. The van der Waals surface area contributed by atoms with Crippen LogP contribution < -0.4 is 10.1 Å². The monoisotopic (exact) mass is 513 g/mol. The maximum atomic E-state index is 12.4. The van der Waals surface area contributed by atoms with Crippen LogP contribution in [0, 0.1) is 10.1 Å². The Hall–Kier alpha value is -3.35. The lowest BCUT2D eigenvalue weighted by molar-refractivity contribution is -0.384. The third-order valence-corrected chi connectivity index (χ3v) is 7.41. The summed E-state index contributed by atoms with van der Waals surface area (Å²) in [6.07, 6.45) is 0. The third kappa shape index (κ3) is 5.58. The zero-order valence-corrected chi connectivity index (χ0v) is 20.4. The smallest absolute Gasteiger partial charge is 0.270 e. The molecule has 0 fully saturated rings. The molecule has 34 heavy (non-hydrogen) atoms. The molecule has 0 saturated heterocycles. The van der Waals surface area contributed by atoms with Gasteiger partial charge in [-0.15, -0.1) is 23.1 Å². The van der Waals surface area contributed by atoms with E-state index in [0.29, 0.717) is 21.2 Å². The fraction of sp³-hybridized carbons (Fsp3) is 0.182. The van der Waals surface area contributed by atoms with E-state index in [1.165, 1.54) is 46.6 Å². The number of hydrogen-bond donors (Lipinski definition) is 1. The molecule has 0 aliphatic rings. The number of aryl methyl sites for hydroxylation is 1. The molecule has 0 bridgehead atoms. The second-order valence-corrected chi connectivity index (χ2v) is 9.84. The number of rotatable bonds is 8. The summed E-state index contributed by atoms with van der Waals surface area (Å²) in [7, 11) is 0. The molecule has 0 aliphatic carbocycles. The van der Waals surface area contributed by atoms with Crippen molar-refractivity contribution in [2.75, 3.05) is 16.8 Å². The number of thioether (sulfide) groups is 1. The van der Waals surface area contributed by atoms with Gasteiger partial charge in [-0.25, -0.2) is 4.98 Å². The molecule has 1 N–H and O–H groups in total. The van der Waals surface area contributed by atoms with Crippen molar-refractivity contribution in [1.29, 1.82) is 0 Å². The largest absolute Gasteiger partial charge is 0.317 e. The zero-order valence-electron chi connectivity index (χ0n) is 18.0. The van der Waals surface area contributed by atoms with Crippen LogP contribution >= 0.6 is 34.4 Å². The number of carbonyl (C=O) groups excluding carboxylic acids is 2. The number of fused-ring (bicyclic) bond motifs is 1. The van der Waals surface area contributed by atoms with E-state index in [-0.39, 0.29) is 29.0 Å². The fourth-order valence-corrected chi connectivity index (χ4v) is 5.64. The highest BCUT2D eigenvalue weighted by molar-refractivity contribution is 8.00. The van der Waals surface area contributed by atoms with Crippen LogP contribution in [0.3, 0.4) is 0 Å². The van der Waals surface area contributed by atoms with Crippen LogP contribution in [0.25, 0.3) is 21.5 Å². The first-order valence-corrected chi connectivity index (χ1v) is 13.0. The van der Waals surface area contributed by atoms with Gasteiger partial charge in [0.05, 0.1) is 32.3 Å². The summed E-state index contributed by atoms with van der Waals surface area (Å²) in [6, 6.07) is 14.3. The molecule has 2 heterocycles. The molecule has 4 rings (SSSR count). The van der Waals surface area contributed by atoms with Gasteiger partial charge in [-0.1, -0.05) is 41.7 Å². The van der Waals surface area contributed by atoms with Crippen molar-refractivity contribution in [3.05, 3.63) is 68.8 Å². The second-order valence-electron chi connectivity index (χ2n) is 6.99. The molecule has 2 amide bonds. The first-order valence-electron chi connectivity index (χ1n) is 10.2. The highest BCUT2D eigenvalue weighted by Crippen LogP contribution is 2.25. The van der Waals surface area contributed by atoms with E-state index in [2.05, 4.69) is 15.3 Å². The van der Waals surface area contributed by atoms with Gasteiger partial charge in [-0.3, -0.25) is 19.7 Å². The van der Waals surface area contributed by atoms with E-state index in [1.54, 1.807) is 6.07 Å². The van der Waals surface area contributed by atoms with Gasteiger partial charge in [0.2, 0.25) is 5.91 Å². The Morgan fingerprint density at radius 3 is 2.74 bits per heavy atom. The lowest BCUT2D eigenvalue weighted by Crippen LogP contribution is -2.18. The van der Waals surface area contributed by atoms with Crippen LogP contribution in [0.15, 0.2) is 58.9 Å². The molecule has 2 aromatic carbocycles. The Morgan fingerprint density at radius 1 is 1.21 bits per heavy atom. The van der Waals surface area contributed by atoms with E-state index < -0.39 is 4.92 Å². The van der Waals surface area contributed by atoms with Gasteiger partial charge in [0, 0.05) is 29.6 Å². The summed E-state index contributed by atoms with van der Waals surface area (Å²) >= 11 is 3.73. The molecule has 0 aliphatic heterocycles. The van der Waals surface area contributed by atoms with Crippen LogP contribution in [-0.4, -0.2) is 37.8 Å². The summed E-state index contributed by atoms with van der Waals surface area (Å²) in [5.41, 5.74) is 2.55. The molecule has 0 atom stereocenters. The van der Waals surface area contributed by atoms with Crippen molar-refractivity contribution in [3.8, 4) is 11.3 Å². The number of nitro benzene ring substituents is 1. The Morgan fingerprint density at radius 2 is 2.00 bits per heavy atom. The summed E-state index contributed by atoms with van der Waals surface area (Å²) < 4.78 is 2.53. The summed E-state index contributed by atoms with van der Waals surface area (Å²) in [4.78, 5) is 44.3. The van der Waals surface area contributed by atoms with Crippen molar-refractivity contribution in [3.63, 3.8) is 0 Å². The van der Waals surface area contributed by atoms with E-state index >= 15 is 0 Å². The minimum Gasteiger partial charge on any atom is -0.317 e.